The lowest BCUT2D eigenvalue weighted by atomic mass is 10.3. The second kappa shape index (κ2) is 4.84. The Kier molecular flexibility index (Phi) is 3.43. The smallest absolute Gasteiger partial charge is 0.254 e. The molecule has 1 fully saturated rings. The maximum absolute atomic E-state index is 11.8. The van der Waals surface area contributed by atoms with E-state index in [1.165, 1.54) is 12.8 Å². The first kappa shape index (κ1) is 12.0. The lowest BCUT2D eigenvalue weighted by Gasteiger charge is -2.12. The van der Waals surface area contributed by atoms with Gasteiger partial charge in [-0.05, 0) is 32.3 Å². The highest BCUT2D eigenvalue weighted by Gasteiger charge is 2.20. The van der Waals surface area contributed by atoms with Crippen molar-refractivity contribution in [3.63, 3.8) is 0 Å². The molecule has 4 heteroatoms. The van der Waals surface area contributed by atoms with Crippen molar-refractivity contribution in [2.24, 2.45) is 0 Å². The Morgan fingerprint density at radius 1 is 1.59 bits per heavy atom. The van der Waals surface area contributed by atoms with Crippen LogP contribution in [0.25, 0.3) is 0 Å². The van der Waals surface area contributed by atoms with Gasteiger partial charge in [-0.1, -0.05) is 6.58 Å². The molecule has 0 spiro atoms. The fourth-order valence-electron chi connectivity index (χ4n) is 1.81. The number of rotatable bonds is 5. The van der Waals surface area contributed by atoms with Crippen LogP contribution in [-0.4, -0.2) is 22.1 Å². The molecule has 92 valence electrons. The third-order valence-electron chi connectivity index (χ3n) is 2.93. The molecule has 0 saturated heterocycles. The normalized spacial score (nSPS) is 14.9. The Labute approximate surface area is 101 Å². The summed E-state index contributed by atoms with van der Waals surface area (Å²) < 4.78 is 1.67. The Morgan fingerprint density at radius 2 is 2.29 bits per heavy atom. The van der Waals surface area contributed by atoms with Crippen LogP contribution in [0.2, 0.25) is 0 Å². The molecule has 1 saturated carbocycles. The monoisotopic (exact) mass is 233 g/mol. The molecule has 2 rings (SSSR count). The zero-order valence-corrected chi connectivity index (χ0v) is 10.5. The van der Waals surface area contributed by atoms with Gasteiger partial charge in [-0.3, -0.25) is 9.36 Å². The van der Waals surface area contributed by atoms with E-state index in [4.69, 9.17) is 0 Å². The lowest BCUT2D eigenvalue weighted by Crippen LogP contribution is -2.27. The van der Waals surface area contributed by atoms with Crippen molar-refractivity contribution in [3.05, 3.63) is 40.1 Å². The third kappa shape index (κ3) is 3.27. The number of nitrogens with one attached hydrogen (secondary N) is 1. The van der Waals surface area contributed by atoms with Gasteiger partial charge in [0.1, 0.15) is 5.82 Å². The molecule has 0 aromatic carbocycles. The summed E-state index contributed by atoms with van der Waals surface area (Å²) in [5.74, 6) is 0.752. The van der Waals surface area contributed by atoms with E-state index in [9.17, 15) is 4.79 Å². The second-order valence-corrected chi connectivity index (χ2v) is 4.77. The Bertz CT molecular complexity index is 486. The van der Waals surface area contributed by atoms with Crippen LogP contribution in [0.4, 0.5) is 0 Å². The van der Waals surface area contributed by atoms with Gasteiger partial charge in [0.2, 0.25) is 0 Å². The average molecular weight is 233 g/mol. The third-order valence-corrected chi connectivity index (χ3v) is 2.93. The van der Waals surface area contributed by atoms with Crippen LogP contribution in [0.5, 0.6) is 0 Å². The molecule has 1 aromatic heterocycles. The minimum atomic E-state index is 0.00238. The summed E-state index contributed by atoms with van der Waals surface area (Å²) in [6.07, 6.45) is 2.52. The zero-order valence-electron chi connectivity index (χ0n) is 10.5. The van der Waals surface area contributed by atoms with E-state index in [1.807, 2.05) is 13.8 Å². The summed E-state index contributed by atoms with van der Waals surface area (Å²) in [6.45, 7) is 9.03. The van der Waals surface area contributed by atoms with E-state index in [1.54, 1.807) is 10.6 Å². The first-order valence-electron chi connectivity index (χ1n) is 6.01. The summed E-state index contributed by atoms with van der Waals surface area (Å²) >= 11 is 0. The van der Waals surface area contributed by atoms with Gasteiger partial charge >= 0.3 is 0 Å². The first-order valence-corrected chi connectivity index (χ1v) is 6.01. The van der Waals surface area contributed by atoms with Crippen molar-refractivity contribution in [1.29, 1.82) is 0 Å². The lowest BCUT2D eigenvalue weighted by molar-refractivity contribution is 0.643. The van der Waals surface area contributed by atoms with Crippen molar-refractivity contribution >= 4 is 0 Å². The quantitative estimate of drug-likeness (QED) is 0.777. The molecule has 0 amide bonds. The molecular weight excluding hydrogens is 214 g/mol. The summed E-state index contributed by atoms with van der Waals surface area (Å²) in [4.78, 5) is 16.1. The van der Waals surface area contributed by atoms with E-state index in [0.29, 0.717) is 12.6 Å². The molecule has 0 unspecified atom stereocenters. The molecule has 17 heavy (non-hydrogen) atoms. The fourth-order valence-corrected chi connectivity index (χ4v) is 1.81. The van der Waals surface area contributed by atoms with Crippen LogP contribution >= 0.6 is 0 Å². The van der Waals surface area contributed by atoms with Gasteiger partial charge in [0, 0.05) is 30.9 Å². The van der Waals surface area contributed by atoms with Gasteiger partial charge in [-0.2, -0.15) is 0 Å². The Balaban J connectivity index is 2.01. The van der Waals surface area contributed by atoms with Crippen molar-refractivity contribution < 1.29 is 0 Å². The average Bonchev–Trinajstić information content (AvgIpc) is 3.04. The Morgan fingerprint density at radius 3 is 2.88 bits per heavy atom. The van der Waals surface area contributed by atoms with Crippen LogP contribution in [0.3, 0.4) is 0 Å². The van der Waals surface area contributed by atoms with E-state index in [-0.39, 0.29) is 5.56 Å². The molecule has 1 heterocycles. The van der Waals surface area contributed by atoms with E-state index in [0.717, 1.165) is 23.6 Å². The van der Waals surface area contributed by atoms with Crippen LogP contribution in [-0.2, 0) is 6.54 Å². The minimum Gasteiger partial charge on any atom is -0.310 e. The van der Waals surface area contributed by atoms with E-state index < -0.39 is 0 Å². The SMILES string of the molecule is C=C(CNC1CC1)Cn1c(C)nc(C)cc1=O. The standard InChI is InChI=1S/C13H19N3O/c1-9(7-14-12-4-5-12)8-16-11(3)15-10(2)6-13(16)17/h6,12,14H,1,4-5,7-8H2,2-3H3. The van der Waals surface area contributed by atoms with Gasteiger partial charge in [0.25, 0.3) is 5.56 Å². The zero-order chi connectivity index (χ0) is 12.4. The van der Waals surface area contributed by atoms with Gasteiger partial charge in [0.15, 0.2) is 0 Å². The maximum Gasteiger partial charge on any atom is 0.254 e. The van der Waals surface area contributed by atoms with Crippen LogP contribution in [0.15, 0.2) is 23.0 Å². The summed E-state index contributed by atoms with van der Waals surface area (Å²) in [7, 11) is 0. The van der Waals surface area contributed by atoms with Crippen molar-refractivity contribution in [2.45, 2.75) is 39.3 Å². The number of hydrogen-bond donors (Lipinski definition) is 1. The molecule has 0 aliphatic heterocycles. The van der Waals surface area contributed by atoms with Crippen LogP contribution in [0, 0.1) is 13.8 Å². The molecule has 0 radical (unpaired) electrons. The van der Waals surface area contributed by atoms with Gasteiger partial charge in [0.05, 0.1) is 0 Å². The number of aryl methyl sites for hydroxylation is 2. The summed E-state index contributed by atoms with van der Waals surface area (Å²) in [5, 5.41) is 3.39. The number of hydrogen-bond acceptors (Lipinski definition) is 3. The van der Waals surface area contributed by atoms with Gasteiger partial charge in [-0.25, -0.2) is 4.98 Å². The summed E-state index contributed by atoms with van der Waals surface area (Å²) in [6, 6.07) is 2.23. The first-order chi connectivity index (χ1) is 8.06. The fraction of sp³-hybridized carbons (Fsp3) is 0.538. The minimum absolute atomic E-state index is 0.00238. The largest absolute Gasteiger partial charge is 0.310 e. The van der Waals surface area contributed by atoms with Crippen molar-refractivity contribution in [2.75, 3.05) is 6.54 Å². The molecule has 0 atom stereocenters. The van der Waals surface area contributed by atoms with Crippen molar-refractivity contribution in [3.8, 4) is 0 Å². The number of nitrogens with zero attached hydrogens (tertiary/aromatic N) is 2. The Hall–Kier alpha value is -1.42. The molecule has 1 N–H and O–H groups in total. The van der Waals surface area contributed by atoms with Crippen LogP contribution < -0.4 is 10.9 Å². The van der Waals surface area contributed by atoms with Crippen LogP contribution in [0.1, 0.15) is 24.4 Å². The molecule has 1 aromatic rings. The highest BCUT2D eigenvalue weighted by Crippen LogP contribution is 2.18. The number of aromatic nitrogens is 2. The molecule has 1 aliphatic rings. The van der Waals surface area contributed by atoms with Gasteiger partial charge < -0.3 is 5.32 Å². The predicted octanol–water partition coefficient (Wildman–Crippen LogP) is 1.17. The molecule has 0 bridgehead atoms. The second-order valence-electron chi connectivity index (χ2n) is 4.77. The van der Waals surface area contributed by atoms with E-state index >= 15 is 0 Å². The highest BCUT2D eigenvalue weighted by atomic mass is 16.1. The maximum atomic E-state index is 11.8. The van der Waals surface area contributed by atoms with Crippen molar-refractivity contribution in [1.82, 2.24) is 14.9 Å². The summed E-state index contributed by atoms with van der Waals surface area (Å²) in [5.41, 5.74) is 1.79. The topological polar surface area (TPSA) is 46.9 Å². The molecular formula is C13H19N3O. The van der Waals surface area contributed by atoms with Gasteiger partial charge in [-0.15, -0.1) is 0 Å². The predicted molar refractivity (Wildman–Crippen MR) is 68.1 cm³/mol. The van der Waals surface area contributed by atoms with E-state index in [2.05, 4.69) is 16.9 Å². The molecule has 1 aliphatic carbocycles. The molecule has 4 nitrogen and oxygen atoms in total. The highest BCUT2D eigenvalue weighted by molar-refractivity contribution is 5.06.